The number of nitrogens with zero attached hydrogens (tertiary/aromatic N) is 3. The number of carbonyl (C=O) groups excluding carboxylic acids is 1. The number of nitrogens with one attached hydrogen (secondary N) is 1. The molecule has 0 atom stereocenters. The van der Waals surface area contributed by atoms with Crippen LogP contribution in [0.1, 0.15) is 17.7 Å². The molecule has 0 unspecified atom stereocenters. The van der Waals surface area contributed by atoms with E-state index < -0.39 is 0 Å². The lowest BCUT2D eigenvalue weighted by Gasteiger charge is -2.17. The summed E-state index contributed by atoms with van der Waals surface area (Å²) in [7, 11) is 1.68. The predicted octanol–water partition coefficient (Wildman–Crippen LogP) is 2.75. The molecule has 8 heteroatoms. The number of ether oxygens (including phenoxy) is 1. The van der Waals surface area contributed by atoms with Crippen molar-refractivity contribution in [3.63, 3.8) is 0 Å². The number of hydrogen-bond donors (Lipinski definition) is 1. The summed E-state index contributed by atoms with van der Waals surface area (Å²) in [6.07, 6.45) is 3.83. The molecule has 0 spiro atoms. The average molecular weight is 410 g/mol. The summed E-state index contributed by atoms with van der Waals surface area (Å²) in [5.41, 5.74) is 1.23. The topological polar surface area (TPSA) is 88.2 Å². The molecular weight excluding hydrogens is 387 g/mol. The van der Waals surface area contributed by atoms with Gasteiger partial charge < -0.3 is 14.6 Å². The van der Waals surface area contributed by atoms with E-state index in [0.717, 1.165) is 0 Å². The highest BCUT2D eigenvalue weighted by Gasteiger charge is 2.16. The molecule has 0 aliphatic heterocycles. The van der Waals surface area contributed by atoms with Crippen LogP contribution in [-0.2, 0) is 11.2 Å². The first kappa shape index (κ1) is 21.2. The Labute approximate surface area is 173 Å². The normalized spacial score (nSPS) is 10.6. The quantitative estimate of drug-likeness (QED) is 0.577. The third-order valence-corrected chi connectivity index (χ3v) is 4.63. The van der Waals surface area contributed by atoms with Crippen LogP contribution in [0.2, 0.25) is 0 Å². The van der Waals surface area contributed by atoms with Crippen LogP contribution in [0, 0.1) is 12.7 Å². The van der Waals surface area contributed by atoms with Crippen molar-refractivity contribution in [3.05, 3.63) is 76.2 Å². The van der Waals surface area contributed by atoms with Gasteiger partial charge in [0.05, 0.1) is 13.0 Å². The van der Waals surface area contributed by atoms with Gasteiger partial charge in [-0.3, -0.25) is 14.6 Å². The second-order valence-electron chi connectivity index (χ2n) is 6.87. The number of halogens is 1. The van der Waals surface area contributed by atoms with Crippen LogP contribution in [-0.4, -0.2) is 46.0 Å². The molecule has 7 nitrogen and oxygen atoms in total. The van der Waals surface area contributed by atoms with Gasteiger partial charge in [0.2, 0.25) is 5.91 Å². The average Bonchev–Trinajstić information content (AvgIpc) is 2.75. The molecule has 0 aliphatic rings. The summed E-state index contributed by atoms with van der Waals surface area (Å²) in [4.78, 5) is 37.8. The number of benzene rings is 1. The maximum Gasteiger partial charge on any atom is 0.255 e. The Bertz CT molecular complexity index is 1050. The number of aromatic nitrogens is 3. The first-order chi connectivity index (χ1) is 14.4. The molecule has 0 aliphatic carbocycles. The van der Waals surface area contributed by atoms with Crippen LogP contribution in [0.25, 0.3) is 11.4 Å². The molecule has 0 fully saturated rings. The maximum absolute atomic E-state index is 12.9. The van der Waals surface area contributed by atoms with Crippen molar-refractivity contribution in [1.82, 2.24) is 19.9 Å². The molecule has 2 heterocycles. The minimum Gasteiger partial charge on any atom is -0.494 e. The zero-order valence-electron chi connectivity index (χ0n) is 16.9. The number of pyridine rings is 1. The highest BCUT2D eigenvalue weighted by Crippen LogP contribution is 2.13. The molecule has 1 aromatic carbocycles. The lowest BCUT2D eigenvalue weighted by Crippen LogP contribution is -2.32. The number of rotatable bonds is 8. The standard InChI is InChI=1S/C22H23FN4O3/c1-15-19(22(29)26-21(25-15)16-5-3-10-24-14-16)13-20(28)27(2)11-4-12-30-18-8-6-17(23)7-9-18/h3,5-10,14H,4,11-13H2,1-2H3,(H,25,26,29). The fourth-order valence-electron chi connectivity index (χ4n) is 2.89. The summed E-state index contributed by atoms with van der Waals surface area (Å²) in [5, 5.41) is 0. The number of amides is 1. The zero-order chi connectivity index (χ0) is 21.5. The monoisotopic (exact) mass is 410 g/mol. The van der Waals surface area contributed by atoms with Gasteiger partial charge in [0.25, 0.3) is 5.56 Å². The molecule has 1 N–H and O–H groups in total. The van der Waals surface area contributed by atoms with Crippen molar-refractivity contribution in [2.75, 3.05) is 20.2 Å². The van der Waals surface area contributed by atoms with Crippen molar-refractivity contribution >= 4 is 5.91 Å². The van der Waals surface area contributed by atoms with Crippen molar-refractivity contribution in [2.24, 2.45) is 0 Å². The summed E-state index contributed by atoms with van der Waals surface area (Å²) in [6, 6.07) is 9.34. The van der Waals surface area contributed by atoms with Crippen LogP contribution in [0.3, 0.4) is 0 Å². The number of aromatic amines is 1. The first-order valence-electron chi connectivity index (χ1n) is 9.56. The van der Waals surface area contributed by atoms with Gasteiger partial charge in [0, 0.05) is 42.8 Å². The molecule has 1 amide bonds. The summed E-state index contributed by atoms with van der Waals surface area (Å²) in [6.45, 7) is 2.58. The molecule has 30 heavy (non-hydrogen) atoms. The molecule has 0 saturated heterocycles. The van der Waals surface area contributed by atoms with E-state index in [4.69, 9.17) is 4.74 Å². The molecule has 0 saturated carbocycles. The predicted molar refractivity (Wildman–Crippen MR) is 111 cm³/mol. The summed E-state index contributed by atoms with van der Waals surface area (Å²) >= 11 is 0. The van der Waals surface area contributed by atoms with Crippen LogP contribution in [0.5, 0.6) is 5.75 Å². The highest BCUT2D eigenvalue weighted by molar-refractivity contribution is 5.78. The molecule has 2 aromatic heterocycles. The van der Waals surface area contributed by atoms with E-state index in [-0.39, 0.29) is 23.7 Å². The second kappa shape index (κ2) is 9.78. The van der Waals surface area contributed by atoms with Gasteiger partial charge in [-0.1, -0.05) is 0 Å². The lowest BCUT2D eigenvalue weighted by atomic mass is 10.1. The molecule has 3 aromatic rings. The van der Waals surface area contributed by atoms with E-state index in [2.05, 4.69) is 15.0 Å². The Morgan fingerprint density at radius 1 is 1.23 bits per heavy atom. The Morgan fingerprint density at radius 3 is 2.67 bits per heavy atom. The van der Waals surface area contributed by atoms with E-state index in [1.165, 1.54) is 12.1 Å². The molecule has 0 bridgehead atoms. The SMILES string of the molecule is Cc1nc(-c2cccnc2)[nH]c(=O)c1CC(=O)N(C)CCCOc1ccc(F)cc1. The zero-order valence-corrected chi connectivity index (χ0v) is 16.9. The van der Waals surface area contributed by atoms with Gasteiger partial charge in [-0.15, -0.1) is 0 Å². The van der Waals surface area contributed by atoms with Crippen molar-refractivity contribution in [1.29, 1.82) is 0 Å². The minimum absolute atomic E-state index is 0.0309. The highest BCUT2D eigenvalue weighted by atomic mass is 19.1. The third-order valence-electron chi connectivity index (χ3n) is 4.63. The van der Waals surface area contributed by atoms with Gasteiger partial charge >= 0.3 is 0 Å². The van der Waals surface area contributed by atoms with Gasteiger partial charge in [0.15, 0.2) is 0 Å². The largest absolute Gasteiger partial charge is 0.494 e. The number of hydrogen-bond acceptors (Lipinski definition) is 5. The molecule has 0 radical (unpaired) electrons. The summed E-state index contributed by atoms with van der Waals surface area (Å²) in [5.74, 6) is 0.502. The van der Waals surface area contributed by atoms with Gasteiger partial charge in [-0.2, -0.15) is 0 Å². The Morgan fingerprint density at radius 2 is 2.00 bits per heavy atom. The number of carbonyl (C=O) groups is 1. The molecule has 3 rings (SSSR count). The van der Waals surface area contributed by atoms with Crippen LogP contribution in [0.4, 0.5) is 4.39 Å². The number of likely N-dealkylation sites (N-methyl/N-ethyl adjacent to an activating group) is 1. The minimum atomic E-state index is -0.331. The van der Waals surface area contributed by atoms with Crippen molar-refractivity contribution in [2.45, 2.75) is 19.8 Å². The van der Waals surface area contributed by atoms with Crippen molar-refractivity contribution in [3.8, 4) is 17.1 Å². The lowest BCUT2D eigenvalue weighted by molar-refractivity contribution is -0.129. The van der Waals surface area contributed by atoms with E-state index >= 15 is 0 Å². The Hall–Kier alpha value is -3.55. The Balaban J connectivity index is 1.54. The van der Waals surface area contributed by atoms with E-state index in [1.54, 1.807) is 55.5 Å². The van der Waals surface area contributed by atoms with Crippen LogP contribution < -0.4 is 10.3 Å². The number of H-pyrrole nitrogens is 1. The van der Waals surface area contributed by atoms with E-state index in [0.29, 0.717) is 48.0 Å². The van der Waals surface area contributed by atoms with Crippen LogP contribution in [0.15, 0.2) is 53.6 Å². The van der Waals surface area contributed by atoms with Gasteiger partial charge in [-0.05, 0) is 49.7 Å². The number of aryl methyl sites for hydroxylation is 1. The molecular formula is C22H23FN4O3. The fraction of sp³-hybridized carbons (Fsp3) is 0.273. The van der Waals surface area contributed by atoms with E-state index in [1.807, 2.05) is 0 Å². The molecule has 156 valence electrons. The van der Waals surface area contributed by atoms with Gasteiger partial charge in [0.1, 0.15) is 17.4 Å². The summed E-state index contributed by atoms with van der Waals surface area (Å²) < 4.78 is 18.4. The second-order valence-corrected chi connectivity index (χ2v) is 6.87. The fourth-order valence-corrected chi connectivity index (χ4v) is 2.89. The van der Waals surface area contributed by atoms with Gasteiger partial charge in [-0.25, -0.2) is 9.37 Å². The maximum atomic E-state index is 12.9. The van der Waals surface area contributed by atoms with Crippen molar-refractivity contribution < 1.29 is 13.9 Å². The first-order valence-corrected chi connectivity index (χ1v) is 9.56. The third kappa shape index (κ3) is 5.50. The smallest absolute Gasteiger partial charge is 0.255 e. The Kier molecular flexibility index (Phi) is 6.90. The van der Waals surface area contributed by atoms with Crippen LogP contribution >= 0.6 is 0 Å². The van der Waals surface area contributed by atoms with E-state index in [9.17, 15) is 14.0 Å².